The molecular formula is C6H11NO5. The van der Waals surface area contributed by atoms with E-state index in [0.29, 0.717) is 0 Å². The van der Waals surface area contributed by atoms with Gasteiger partial charge in [-0.2, -0.15) is 5.06 Å². The van der Waals surface area contributed by atoms with Gasteiger partial charge in [-0.05, 0) is 0 Å². The fourth-order valence-corrected chi connectivity index (χ4v) is 0.301. The predicted molar refractivity (Wildman–Crippen MR) is 37.5 cm³/mol. The van der Waals surface area contributed by atoms with Gasteiger partial charge < -0.3 is 4.74 Å². The molecule has 0 rings (SSSR count). The molecule has 0 saturated heterocycles. The minimum Gasteiger partial charge on any atom is -0.454 e. The van der Waals surface area contributed by atoms with Crippen molar-refractivity contribution >= 4 is 11.9 Å². The summed E-state index contributed by atoms with van der Waals surface area (Å²) in [5, 5.41) is 1.19. The maximum Gasteiger partial charge on any atom is 0.381 e. The molecule has 0 aliphatic carbocycles. The van der Waals surface area contributed by atoms with Crippen LogP contribution in [-0.4, -0.2) is 37.7 Å². The van der Waals surface area contributed by atoms with Crippen LogP contribution in [0.5, 0.6) is 0 Å². The monoisotopic (exact) mass is 177 g/mol. The van der Waals surface area contributed by atoms with Gasteiger partial charge in [0.25, 0.3) is 0 Å². The van der Waals surface area contributed by atoms with E-state index in [9.17, 15) is 9.59 Å². The van der Waals surface area contributed by atoms with Crippen molar-refractivity contribution in [3.63, 3.8) is 0 Å². The number of esters is 1. The molecule has 0 amide bonds. The van der Waals surface area contributed by atoms with Crippen LogP contribution < -0.4 is 0 Å². The second-order valence-electron chi connectivity index (χ2n) is 2.12. The van der Waals surface area contributed by atoms with Crippen molar-refractivity contribution in [3.05, 3.63) is 0 Å². The molecule has 12 heavy (non-hydrogen) atoms. The molecule has 0 aromatic rings. The summed E-state index contributed by atoms with van der Waals surface area (Å²) in [5.74, 6) is -1.31. The van der Waals surface area contributed by atoms with Crippen LogP contribution in [0, 0.1) is 0 Å². The number of ether oxygens (including phenoxy) is 1. The number of hydrogen-bond acceptors (Lipinski definition) is 6. The number of hydroxylamine groups is 2. The van der Waals surface area contributed by atoms with Crippen molar-refractivity contribution in [1.82, 2.24) is 5.06 Å². The molecule has 0 unspecified atom stereocenters. The number of rotatable bonds is 4. The van der Waals surface area contributed by atoms with E-state index >= 15 is 0 Å². The first-order valence-corrected chi connectivity index (χ1v) is 3.20. The molecular weight excluding hydrogens is 166 g/mol. The summed E-state index contributed by atoms with van der Waals surface area (Å²) in [6, 6.07) is 0. The van der Waals surface area contributed by atoms with Crippen molar-refractivity contribution < 1.29 is 24.2 Å². The van der Waals surface area contributed by atoms with Crippen LogP contribution in [0.25, 0.3) is 0 Å². The van der Waals surface area contributed by atoms with E-state index < -0.39 is 18.5 Å². The summed E-state index contributed by atoms with van der Waals surface area (Å²) in [6.45, 7) is 0.753. The van der Waals surface area contributed by atoms with E-state index in [1.807, 2.05) is 0 Å². The van der Waals surface area contributed by atoms with E-state index in [0.717, 1.165) is 0 Å². The number of hydrogen-bond donors (Lipinski definition) is 0. The number of carbonyl (C=O) groups excluding carboxylic acids is 2. The van der Waals surface area contributed by atoms with Gasteiger partial charge in [-0.3, -0.25) is 9.68 Å². The summed E-state index contributed by atoms with van der Waals surface area (Å²) >= 11 is 0. The van der Waals surface area contributed by atoms with Gasteiger partial charge in [0.2, 0.25) is 0 Å². The van der Waals surface area contributed by atoms with E-state index in [-0.39, 0.29) is 0 Å². The quantitative estimate of drug-likeness (QED) is 0.327. The summed E-state index contributed by atoms with van der Waals surface area (Å²) in [7, 11) is 3.08. The average molecular weight is 177 g/mol. The SMILES string of the molecule is CC(=O)OCC(=O)OON(C)C. The third-order valence-corrected chi connectivity index (χ3v) is 0.673. The molecule has 0 radical (unpaired) electrons. The van der Waals surface area contributed by atoms with Crippen LogP contribution in [0.15, 0.2) is 0 Å². The molecule has 0 heterocycles. The molecule has 0 saturated carbocycles. The van der Waals surface area contributed by atoms with Gasteiger partial charge in [-0.15, -0.1) is 0 Å². The largest absolute Gasteiger partial charge is 0.454 e. The Morgan fingerprint density at radius 3 is 2.33 bits per heavy atom. The lowest BCUT2D eigenvalue weighted by Crippen LogP contribution is -2.20. The van der Waals surface area contributed by atoms with Crippen molar-refractivity contribution in [2.24, 2.45) is 0 Å². The molecule has 0 N–H and O–H groups in total. The zero-order valence-electron chi connectivity index (χ0n) is 7.20. The first kappa shape index (κ1) is 10.9. The second-order valence-corrected chi connectivity index (χ2v) is 2.12. The Morgan fingerprint density at radius 2 is 1.92 bits per heavy atom. The smallest absolute Gasteiger partial charge is 0.381 e. The van der Waals surface area contributed by atoms with Gasteiger partial charge in [0.15, 0.2) is 6.61 Å². The standard InChI is InChI=1S/C6H11NO5/c1-5(8)10-4-6(9)11-12-7(2)3/h4H2,1-3H3. The summed E-state index contributed by atoms with van der Waals surface area (Å²) in [4.78, 5) is 29.3. The van der Waals surface area contributed by atoms with E-state index in [4.69, 9.17) is 0 Å². The van der Waals surface area contributed by atoms with Crippen LogP contribution in [-0.2, 0) is 24.2 Å². The Kier molecular flexibility index (Phi) is 4.98. The van der Waals surface area contributed by atoms with E-state index in [2.05, 4.69) is 14.6 Å². The summed E-state index contributed by atoms with van der Waals surface area (Å²) in [6.07, 6.45) is 0. The van der Waals surface area contributed by atoms with Crippen molar-refractivity contribution in [1.29, 1.82) is 0 Å². The van der Waals surface area contributed by atoms with Crippen molar-refractivity contribution in [2.45, 2.75) is 6.92 Å². The molecule has 0 aliphatic heterocycles. The van der Waals surface area contributed by atoms with Crippen LogP contribution in [0.1, 0.15) is 6.92 Å². The van der Waals surface area contributed by atoms with Crippen molar-refractivity contribution in [2.75, 3.05) is 20.7 Å². The molecule has 0 aromatic carbocycles. The average Bonchev–Trinajstić information content (AvgIpc) is 1.96. The fraction of sp³-hybridized carbons (Fsp3) is 0.667. The molecule has 6 heteroatoms. The van der Waals surface area contributed by atoms with Gasteiger partial charge in [0.05, 0.1) is 0 Å². The van der Waals surface area contributed by atoms with E-state index in [1.165, 1.54) is 12.0 Å². The maximum absolute atomic E-state index is 10.6. The van der Waals surface area contributed by atoms with Crippen LogP contribution in [0.3, 0.4) is 0 Å². The normalized spacial score (nSPS) is 9.67. The molecule has 0 bridgehead atoms. The zero-order valence-corrected chi connectivity index (χ0v) is 7.20. The highest BCUT2D eigenvalue weighted by Gasteiger charge is 2.06. The fourth-order valence-electron chi connectivity index (χ4n) is 0.301. The van der Waals surface area contributed by atoms with Crippen LogP contribution in [0.2, 0.25) is 0 Å². The zero-order chi connectivity index (χ0) is 9.56. The lowest BCUT2D eigenvalue weighted by atomic mass is 10.7. The molecule has 0 aliphatic rings. The minimum absolute atomic E-state index is 0.441. The lowest BCUT2D eigenvalue weighted by Gasteiger charge is -2.07. The number of nitrogens with zero attached hydrogens (tertiary/aromatic N) is 1. The first-order chi connectivity index (χ1) is 5.52. The first-order valence-electron chi connectivity index (χ1n) is 3.20. The molecule has 6 nitrogen and oxygen atoms in total. The Hall–Kier alpha value is -1.14. The highest BCUT2D eigenvalue weighted by molar-refractivity contribution is 5.74. The third kappa shape index (κ3) is 6.97. The molecule has 0 spiro atoms. The molecule has 0 aromatic heterocycles. The third-order valence-electron chi connectivity index (χ3n) is 0.673. The van der Waals surface area contributed by atoms with Crippen molar-refractivity contribution in [3.8, 4) is 0 Å². The van der Waals surface area contributed by atoms with Gasteiger partial charge in [-0.1, -0.05) is 4.99 Å². The van der Waals surface area contributed by atoms with Gasteiger partial charge in [-0.25, -0.2) is 4.79 Å². The Morgan fingerprint density at radius 1 is 1.33 bits per heavy atom. The summed E-state index contributed by atoms with van der Waals surface area (Å²) < 4.78 is 4.32. The maximum atomic E-state index is 10.6. The van der Waals surface area contributed by atoms with Gasteiger partial charge in [0.1, 0.15) is 0 Å². The van der Waals surface area contributed by atoms with Crippen LogP contribution >= 0.6 is 0 Å². The Bertz CT molecular complexity index is 167. The van der Waals surface area contributed by atoms with E-state index in [1.54, 1.807) is 14.1 Å². The predicted octanol–water partition coefficient (Wildman–Crippen LogP) is -0.499. The molecule has 0 fully saturated rings. The summed E-state index contributed by atoms with van der Waals surface area (Å²) in [5.41, 5.74) is 0. The van der Waals surface area contributed by atoms with Crippen LogP contribution in [0.4, 0.5) is 0 Å². The second kappa shape index (κ2) is 5.50. The molecule has 0 atom stereocenters. The van der Waals surface area contributed by atoms with Gasteiger partial charge in [0, 0.05) is 21.0 Å². The molecule has 70 valence electrons. The topological polar surface area (TPSA) is 65.1 Å². The highest BCUT2D eigenvalue weighted by Crippen LogP contribution is 1.85. The lowest BCUT2D eigenvalue weighted by molar-refractivity contribution is -0.383. The Labute approximate surface area is 69.9 Å². The van der Waals surface area contributed by atoms with Gasteiger partial charge >= 0.3 is 11.9 Å². The highest BCUT2D eigenvalue weighted by atomic mass is 17.3. The Balaban J connectivity index is 3.40. The number of carbonyl (C=O) groups is 2. The minimum atomic E-state index is -0.765.